The van der Waals surface area contributed by atoms with E-state index in [1.807, 2.05) is 19.2 Å². The van der Waals surface area contributed by atoms with Crippen molar-refractivity contribution in [3.8, 4) is 5.75 Å². The van der Waals surface area contributed by atoms with Crippen LogP contribution >= 0.6 is 0 Å². The molecular formula is C14H23NO2. The van der Waals surface area contributed by atoms with Gasteiger partial charge >= 0.3 is 0 Å². The lowest BCUT2D eigenvalue weighted by atomic mass is 9.99. The molecule has 0 spiro atoms. The molecule has 2 atom stereocenters. The summed E-state index contributed by atoms with van der Waals surface area (Å²) in [4.78, 5) is 0. The van der Waals surface area contributed by atoms with Crippen molar-refractivity contribution in [3.63, 3.8) is 0 Å². The van der Waals surface area contributed by atoms with Gasteiger partial charge < -0.3 is 15.2 Å². The summed E-state index contributed by atoms with van der Waals surface area (Å²) in [6, 6.07) is 8.11. The summed E-state index contributed by atoms with van der Waals surface area (Å²) in [6.07, 6.45) is 0.676. The third kappa shape index (κ3) is 4.75. The van der Waals surface area contributed by atoms with Gasteiger partial charge in [-0.1, -0.05) is 26.0 Å². The summed E-state index contributed by atoms with van der Waals surface area (Å²) < 4.78 is 5.50. The number of aliphatic hydroxyl groups excluding tert-OH is 1. The molecule has 0 heterocycles. The first kappa shape index (κ1) is 14.0. The van der Waals surface area contributed by atoms with Crippen LogP contribution in [0.1, 0.15) is 31.7 Å². The molecule has 0 aliphatic rings. The lowest BCUT2D eigenvalue weighted by Crippen LogP contribution is -2.29. The van der Waals surface area contributed by atoms with Crippen molar-refractivity contribution >= 4 is 0 Å². The molecule has 1 aromatic rings. The van der Waals surface area contributed by atoms with Crippen LogP contribution in [-0.2, 0) is 0 Å². The van der Waals surface area contributed by atoms with Crippen molar-refractivity contribution in [2.45, 2.75) is 32.3 Å². The summed E-state index contributed by atoms with van der Waals surface area (Å²) in [5.41, 5.74) is 1.33. The van der Waals surface area contributed by atoms with Gasteiger partial charge in [0.1, 0.15) is 18.5 Å². The molecule has 0 aliphatic heterocycles. The number of aliphatic hydroxyl groups is 1. The fourth-order valence-corrected chi connectivity index (χ4v) is 1.62. The molecule has 1 aromatic carbocycles. The molecule has 17 heavy (non-hydrogen) atoms. The first-order valence-corrected chi connectivity index (χ1v) is 6.22. The zero-order valence-corrected chi connectivity index (χ0v) is 10.9. The second-order valence-corrected chi connectivity index (χ2v) is 4.40. The molecule has 0 radical (unpaired) electrons. The van der Waals surface area contributed by atoms with E-state index in [-0.39, 0.29) is 0 Å². The Hall–Kier alpha value is -1.06. The van der Waals surface area contributed by atoms with Crippen LogP contribution in [0.5, 0.6) is 5.75 Å². The van der Waals surface area contributed by atoms with Crippen molar-refractivity contribution in [3.05, 3.63) is 29.8 Å². The molecule has 0 amide bonds. The van der Waals surface area contributed by atoms with Gasteiger partial charge in [0.05, 0.1) is 0 Å². The molecule has 0 saturated heterocycles. The first-order chi connectivity index (χ1) is 8.17. The van der Waals surface area contributed by atoms with Gasteiger partial charge in [-0.05, 0) is 37.1 Å². The summed E-state index contributed by atoms with van der Waals surface area (Å²) in [6.45, 7) is 5.27. The van der Waals surface area contributed by atoms with E-state index in [1.54, 1.807) is 0 Å². The zero-order chi connectivity index (χ0) is 12.7. The van der Waals surface area contributed by atoms with Crippen LogP contribution in [0.3, 0.4) is 0 Å². The van der Waals surface area contributed by atoms with Crippen LogP contribution in [0.2, 0.25) is 0 Å². The zero-order valence-electron chi connectivity index (χ0n) is 10.9. The van der Waals surface area contributed by atoms with Crippen molar-refractivity contribution in [1.29, 1.82) is 0 Å². The Kier molecular flexibility index (Phi) is 6.01. The molecule has 0 aliphatic carbocycles. The summed E-state index contributed by atoms with van der Waals surface area (Å²) in [5, 5.41) is 12.4. The predicted molar refractivity (Wildman–Crippen MR) is 70.6 cm³/mol. The lowest BCUT2D eigenvalue weighted by Gasteiger charge is -2.13. The van der Waals surface area contributed by atoms with Crippen molar-refractivity contribution in [2.75, 3.05) is 20.2 Å². The normalized spacial score (nSPS) is 14.4. The Balaban J connectivity index is 2.45. The Bertz CT molecular complexity index is 311. The fraction of sp³-hybridized carbons (Fsp3) is 0.571. The average Bonchev–Trinajstić information content (AvgIpc) is 2.36. The minimum absolute atomic E-state index is 0.323. The molecule has 2 unspecified atom stereocenters. The van der Waals surface area contributed by atoms with Crippen molar-refractivity contribution in [1.82, 2.24) is 5.32 Å². The van der Waals surface area contributed by atoms with Gasteiger partial charge in [0.2, 0.25) is 0 Å². The summed E-state index contributed by atoms with van der Waals surface area (Å²) >= 11 is 0. The molecule has 0 aromatic heterocycles. The molecule has 3 nitrogen and oxygen atoms in total. The molecule has 1 rings (SSSR count). The molecule has 0 fully saturated rings. The van der Waals surface area contributed by atoms with Crippen LogP contribution in [0, 0.1) is 0 Å². The largest absolute Gasteiger partial charge is 0.491 e. The number of nitrogens with one attached hydrogen (secondary N) is 1. The number of likely N-dealkylation sites (N-methyl/N-ethyl adjacent to an activating group) is 1. The SMILES string of the molecule is CCC(C)c1ccc(OCC(O)CNC)cc1. The smallest absolute Gasteiger partial charge is 0.119 e. The molecule has 3 heteroatoms. The van der Waals surface area contributed by atoms with E-state index in [0.717, 1.165) is 12.2 Å². The van der Waals surface area contributed by atoms with Gasteiger partial charge in [0, 0.05) is 6.54 Å². The summed E-state index contributed by atoms with van der Waals surface area (Å²) in [5.74, 6) is 1.39. The van der Waals surface area contributed by atoms with Crippen LogP contribution in [0.15, 0.2) is 24.3 Å². The van der Waals surface area contributed by atoms with Crippen LogP contribution in [-0.4, -0.2) is 31.4 Å². The average molecular weight is 237 g/mol. The van der Waals surface area contributed by atoms with Gasteiger partial charge in [-0.3, -0.25) is 0 Å². The highest BCUT2D eigenvalue weighted by Gasteiger charge is 2.05. The van der Waals surface area contributed by atoms with Gasteiger partial charge in [-0.2, -0.15) is 0 Å². The number of hydrogen-bond donors (Lipinski definition) is 2. The minimum atomic E-state index is -0.464. The van der Waals surface area contributed by atoms with E-state index in [1.165, 1.54) is 5.56 Å². The Morgan fingerprint density at radius 1 is 1.29 bits per heavy atom. The topological polar surface area (TPSA) is 41.5 Å². The standard InChI is InChI=1S/C14H23NO2/c1-4-11(2)12-5-7-14(8-6-12)17-10-13(16)9-15-3/h5-8,11,13,15-16H,4,9-10H2,1-3H3. The first-order valence-electron chi connectivity index (χ1n) is 6.22. The molecular weight excluding hydrogens is 214 g/mol. The highest BCUT2D eigenvalue weighted by atomic mass is 16.5. The second-order valence-electron chi connectivity index (χ2n) is 4.40. The van der Waals surface area contributed by atoms with Gasteiger partial charge in [0.25, 0.3) is 0 Å². The Morgan fingerprint density at radius 3 is 2.47 bits per heavy atom. The van der Waals surface area contributed by atoms with E-state index < -0.39 is 6.10 Å². The Labute approximate surface area is 104 Å². The van der Waals surface area contributed by atoms with Gasteiger partial charge in [0.15, 0.2) is 0 Å². The fourth-order valence-electron chi connectivity index (χ4n) is 1.62. The van der Waals surface area contributed by atoms with E-state index in [9.17, 15) is 5.11 Å². The third-order valence-corrected chi connectivity index (χ3v) is 2.94. The second kappa shape index (κ2) is 7.30. The van der Waals surface area contributed by atoms with E-state index >= 15 is 0 Å². The van der Waals surface area contributed by atoms with E-state index in [4.69, 9.17) is 4.74 Å². The minimum Gasteiger partial charge on any atom is -0.491 e. The number of rotatable bonds is 7. The summed E-state index contributed by atoms with van der Waals surface area (Å²) in [7, 11) is 1.81. The highest BCUT2D eigenvalue weighted by Crippen LogP contribution is 2.21. The Morgan fingerprint density at radius 2 is 1.94 bits per heavy atom. The predicted octanol–water partition coefficient (Wildman–Crippen LogP) is 2.16. The number of benzene rings is 1. The number of hydrogen-bond acceptors (Lipinski definition) is 3. The lowest BCUT2D eigenvalue weighted by molar-refractivity contribution is 0.108. The van der Waals surface area contributed by atoms with E-state index in [0.29, 0.717) is 19.1 Å². The molecule has 0 bridgehead atoms. The van der Waals surface area contributed by atoms with Crippen LogP contribution in [0.25, 0.3) is 0 Å². The van der Waals surface area contributed by atoms with Crippen LogP contribution < -0.4 is 10.1 Å². The van der Waals surface area contributed by atoms with Gasteiger partial charge in [-0.15, -0.1) is 0 Å². The maximum absolute atomic E-state index is 9.50. The molecule has 96 valence electrons. The molecule has 2 N–H and O–H groups in total. The van der Waals surface area contributed by atoms with Gasteiger partial charge in [-0.25, -0.2) is 0 Å². The quantitative estimate of drug-likeness (QED) is 0.763. The van der Waals surface area contributed by atoms with Crippen molar-refractivity contribution < 1.29 is 9.84 Å². The monoisotopic (exact) mass is 237 g/mol. The number of ether oxygens (including phenoxy) is 1. The maximum Gasteiger partial charge on any atom is 0.119 e. The molecule has 0 saturated carbocycles. The van der Waals surface area contributed by atoms with Crippen molar-refractivity contribution in [2.24, 2.45) is 0 Å². The van der Waals surface area contributed by atoms with E-state index in [2.05, 4.69) is 31.3 Å². The van der Waals surface area contributed by atoms with Crippen LogP contribution in [0.4, 0.5) is 0 Å². The highest BCUT2D eigenvalue weighted by molar-refractivity contribution is 5.29. The maximum atomic E-state index is 9.50. The third-order valence-electron chi connectivity index (χ3n) is 2.94.